The molecular weight excluding hydrogens is 354 g/mol. The molecule has 0 aromatic heterocycles. The molecule has 0 aliphatic heterocycles. The second-order valence-electron chi connectivity index (χ2n) is 8.54. The Morgan fingerprint density at radius 2 is 1.18 bits per heavy atom. The Hall–Kier alpha value is -0.650. The third-order valence-corrected chi connectivity index (χ3v) is 5.43. The van der Waals surface area contributed by atoms with Gasteiger partial charge in [0.1, 0.15) is 5.72 Å². The summed E-state index contributed by atoms with van der Waals surface area (Å²) in [5.41, 5.74) is -1.11. The van der Waals surface area contributed by atoms with Gasteiger partial charge in [0.05, 0.1) is 6.10 Å². The number of aliphatic carboxylic acids is 1. The van der Waals surface area contributed by atoms with E-state index in [1.54, 1.807) is 25.9 Å². The van der Waals surface area contributed by atoms with Gasteiger partial charge in [0.15, 0.2) is 0 Å². The minimum atomic E-state index is -1.11. The highest BCUT2D eigenvalue weighted by molar-refractivity contribution is 5.66. The molecule has 3 N–H and O–H groups in total. The Morgan fingerprint density at radius 1 is 0.821 bits per heavy atom. The molecule has 170 valence electrons. The minimum Gasteiger partial charge on any atom is -0.481 e. The molecule has 0 spiro atoms. The van der Waals surface area contributed by atoms with Crippen LogP contribution in [0.1, 0.15) is 111 Å². The Bertz CT molecular complexity index is 335. The molecule has 5 nitrogen and oxygen atoms in total. The van der Waals surface area contributed by atoms with Gasteiger partial charge in [-0.15, -0.1) is 0 Å². The van der Waals surface area contributed by atoms with Crippen molar-refractivity contribution < 1.29 is 20.1 Å². The van der Waals surface area contributed by atoms with E-state index >= 15 is 0 Å². The van der Waals surface area contributed by atoms with Crippen molar-refractivity contribution >= 4 is 5.97 Å². The zero-order valence-electron chi connectivity index (χ0n) is 19.5. The first-order valence-electron chi connectivity index (χ1n) is 11.4. The van der Waals surface area contributed by atoms with E-state index in [4.69, 9.17) is 5.11 Å². The summed E-state index contributed by atoms with van der Waals surface area (Å²) in [7, 11) is 3.51. The van der Waals surface area contributed by atoms with Crippen molar-refractivity contribution in [3.8, 4) is 0 Å². The van der Waals surface area contributed by atoms with Crippen LogP contribution < -0.4 is 0 Å². The fraction of sp³-hybridized carbons (Fsp3) is 0.957. The second-order valence-corrected chi connectivity index (χ2v) is 8.54. The molecule has 0 heterocycles. The van der Waals surface area contributed by atoms with Crippen LogP contribution in [0.15, 0.2) is 0 Å². The number of carboxylic acid groups (broad SMARTS) is 1. The number of hydrogen-bond acceptors (Lipinski definition) is 4. The Balaban J connectivity index is 0. The maximum absolute atomic E-state index is 10.3. The maximum Gasteiger partial charge on any atom is 0.303 e. The molecule has 0 aromatic carbocycles. The smallest absolute Gasteiger partial charge is 0.303 e. The molecule has 0 rings (SSSR count). The highest BCUT2D eigenvalue weighted by Gasteiger charge is 2.38. The minimum absolute atomic E-state index is 0.0116. The van der Waals surface area contributed by atoms with Gasteiger partial charge < -0.3 is 15.3 Å². The molecule has 0 amide bonds. The summed E-state index contributed by atoms with van der Waals surface area (Å²) >= 11 is 0. The zero-order chi connectivity index (χ0) is 22.0. The Morgan fingerprint density at radius 3 is 1.39 bits per heavy atom. The summed E-state index contributed by atoms with van der Waals surface area (Å²) in [6.07, 6.45) is 15.1. The first-order valence-corrected chi connectivity index (χ1v) is 11.4. The van der Waals surface area contributed by atoms with Gasteiger partial charge in [-0.1, -0.05) is 91.4 Å². The van der Waals surface area contributed by atoms with E-state index in [-0.39, 0.29) is 5.92 Å². The molecule has 28 heavy (non-hydrogen) atoms. The fourth-order valence-corrected chi connectivity index (χ4v) is 3.49. The van der Waals surface area contributed by atoms with Gasteiger partial charge >= 0.3 is 5.97 Å². The first kappa shape index (κ1) is 29.6. The SMILES string of the molecule is CC(C)C(O)(C(C)O)N(C)C.CCCCCCCCCCCCCCC(=O)O. The van der Waals surface area contributed by atoms with Crippen LogP contribution in [0.25, 0.3) is 0 Å². The van der Waals surface area contributed by atoms with Crippen molar-refractivity contribution in [2.45, 2.75) is 123 Å². The lowest BCUT2D eigenvalue weighted by atomic mass is 9.93. The number of rotatable bonds is 16. The summed E-state index contributed by atoms with van der Waals surface area (Å²) in [5, 5.41) is 27.7. The van der Waals surface area contributed by atoms with Crippen LogP contribution in [-0.2, 0) is 4.79 Å². The molecule has 0 saturated carbocycles. The second kappa shape index (κ2) is 18.4. The standard InChI is InChI=1S/C15H30O2.C8H19NO2/c1-2-3-4-5-6-7-8-9-10-11-12-13-14-15(16)17;1-6(2)8(11,7(3)10)9(4)5/h2-14H2,1H3,(H,16,17);6-7,10-11H,1-5H3. The van der Waals surface area contributed by atoms with Crippen molar-refractivity contribution in [1.29, 1.82) is 0 Å². The third-order valence-electron chi connectivity index (χ3n) is 5.43. The lowest BCUT2D eigenvalue weighted by Gasteiger charge is -2.40. The van der Waals surface area contributed by atoms with E-state index in [0.717, 1.165) is 12.8 Å². The number of nitrogens with zero attached hydrogens (tertiary/aromatic N) is 1. The van der Waals surface area contributed by atoms with Gasteiger partial charge in [0, 0.05) is 6.42 Å². The third kappa shape index (κ3) is 15.3. The van der Waals surface area contributed by atoms with Crippen LogP contribution in [0, 0.1) is 5.92 Å². The normalized spacial score (nSPS) is 14.5. The molecule has 2 atom stereocenters. The number of aliphatic hydroxyl groups is 2. The Kier molecular flexibility index (Phi) is 19.4. The van der Waals surface area contributed by atoms with E-state index in [9.17, 15) is 15.0 Å². The first-order chi connectivity index (χ1) is 13.1. The van der Waals surface area contributed by atoms with E-state index in [1.165, 1.54) is 64.2 Å². The fourth-order valence-electron chi connectivity index (χ4n) is 3.49. The molecule has 0 aliphatic rings. The maximum atomic E-state index is 10.3. The molecule has 0 aliphatic carbocycles. The molecule has 0 fully saturated rings. The van der Waals surface area contributed by atoms with Crippen LogP contribution in [-0.4, -0.2) is 52.1 Å². The van der Waals surface area contributed by atoms with Gasteiger partial charge in [-0.25, -0.2) is 0 Å². The molecular formula is C23H49NO4. The highest BCUT2D eigenvalue weighted by Crippen LogP contribution is 2.23. The van der Waals surface area contributed by atoms with Gasteiger partial charge in [-0.05, 0) is 33.4 Å². The van der Waals surface area contributed by atoms with Crippen LogP contribution in [0.5, 0.6) is 0 Å². The van der Waals surface area contributed by atoms with Gasteiger partial charge in [-0.3, -0.25) is 9.69 Å². The van der Waals surface area contributed by atoms with Crippen molar-refractivity contribution in [1.82, 2.24) is 4.90 Å². The van der Waals surface area contributed by atoms with E-state index in [2.05, 4.69) is 6.92 Å². The van der Waals surface area contributed by atoms with Gasteiger partial charge in [0.25, 0.3) is 0 Å². The van der Waals surface area contributed by atoms with Crippen LogP contribution in [0.4, 0.5) is 0 Å². The number of carbonyl (C=O) groups is 1. The largest absolute Gasteiger partial charge is 0.481 e. The van der Waals surface area contributed by atoms with Crippen LogP contribution >= 0.6 is 0 Å². The quantitative estimate of drug-likeness (QED) is 0.236. The lowest BCUT2D eigenvalue weighted by molar-refractivity contribution is -0.183. The van der Waals surface area contributed by atoms with Crippen molar-refractivity contribution in [2.24, 2.45) is 5.92 Å². The highest BCUT2D eigenvalue weighted by atomic mass is 16.4. The average molecular weight is 404 g/mol. The summed E-state index contributed by atoms with van der Waals surface area (Å²) in [5.74, 6) is -0.644. The molecule has 0 radical (unpaired) electrons. The number of aliphatic hydroxyl groups excluding tert-OH is 1. The number of unbranched alkanes of at least 4 members (excludes halogenated alkanes) is 11. The molecule has 5 heteroatoms. The van der Waals surface area contributed by atoms with Crippen molar-refractivity contribution in [3.63, 3.8) is 0 Å². The lowest BCUT2D eigenvalue weighted by Crippen LogP contribution is -2.56. The summed E-state index contributed by atoms with van der Waals surface area (Å²) in [6.45, 7) is 7.61. The van der Waals surface area contributed by atoms with Crippen LogP contribution in [0.2, 0.25) is 0 Å². The molecule has 0 saturated heterocycles. The van der Waals surface area contributed by atoms with Gasteiger partial charge in [0.2, 0.25) is 0 Å². The molecule has 2 unspecified atom stereocenters. The molecule has 0 aromatic rings. The Labute approximate surface area is 174 Å². The van der Waals surface area contributed by atoms with E-state index in [1.807, 2.05) is 13.8 Å². The number of carboxylic acids is 1. The number of likely N-dealkylation sites (N-methyl/N-ethyl adjacent to an activating group) is 1. The average Bonchev–Trinajstić information content (AvgIpc) is 2.61. The molecule has 0 bridgehead atoms. The van der Waals surface area contributed by atoms with Crippen molar-refractivity contribution in [3.05, 3.63) is 0 Å². The number of hydrogen-bond donors (Lipinski definition) is 3. The van der Waals surface area contributed by atoms with E-state index < -0.39 is 17.8 Å². The summed E-state index contributed by atoms with van der Waals surface area (Å²) < 4.78 is 0. The van der Waals surface area contributed by atoms with E-state index in [0.29, 0.717) is 6.42 Å². The summed E-state index contributed by atoms with van der Waals surface area (Å²) in [4.78, 5) is 11.9. The topological polar surface area (TPSA) is 81.0 Å². The summed E-state index contributed by atoms with van der Waals surface area (Å²) in [6, 6.07) is 0. The monoisotopic (exact) mass is 403 g/mol. The van der Waals surface area contributed by atoms with Gasteiger partial charge in [-0.2, -0.15) is 0 Å². The predicted molar refractivity (Wildman–Crippen MR) is 118 cm³/mol. The zero-order valence-corrected chi connectivity index (χ0v) is 19.5. The van der Waals surface area contributed by atoms with Crippen molar-refractivity contribution in [2.75, 3.05) is 14.1 Å². The predicted octanol–water partition coefficient (Wildman–Crippen LogP) is 5.44. The van der Waals surface area contributed by atoms with Crippen LogP contribution in [0.3, 0.4) is 0 Å².